The molecule has 1 aliphatic heterocycles. The van der Waals surface area contributed by atoms with Gasteiger partial charge in [0.05, 0.1) is 13.2 Å². The Hall–Kier alpha value is -1.40. The smallest absolute Gasteiger partial charge is 0.234 e. The highest BCUT2D eigenvalue weighted by Gasteiger charge is 2.23. The van der Waals surface area contributed by atoms with Gasteiger partial charge in [-0.15, -0.1) is 0 Å². The van der Waals surface area contributed by atoms with Gasteiger partial charge in [0.25, 0.3) is 0 Å². The molecule has 0 aliphatic carbocycles. The number of ether oxygens (including phenoxy) is 1. The molecule has 0 atom stereocenters. The third kappa shape index (κ3) is 4.30. The van der Waals surface area contributed by atoms with E-state index in [-0.39, 0.29) is 11.1 Å². The van der Waals surface area contributed by atoms with E-state index in [2.05, 4.69) is 25.6 Å². The predicted octanol–water partition coefficient (Wildman–Crippen LogP) is 0.553. The minimum Gasteiger partial charge on any atom is -0.383 e. The lowest BCUT2D eigenvalue weighted by molar-refractivity contribution is -0.122. The molecule has 0 saturated carbocycles. The molecule has 0 spiro atoms. The molecular formula is C13H18ClN5O2S. The molecule has 0 radical (unpaired) electrons. The van der Waals surface area contributed by atoms with Gasteiger partial charge in [-0.3, -0.25) is 9.69 Å². The van der Waals surface area contributed by atoms with Gasteiger partial charge in [-0.25, -0.2) is 0 Å². The Balaban J connectivity index is 1.81. The molecule has 1 aliphatic rings. The number of rotatable bonds is 6. The molecule has 9 heteroatoms. The number of carbonyl (C=O) groups excluding carboxylic acids is 1. The number of piperazine rings is 1. The van der Waals surface area contributed by atoms with Crippen molar-refractivity contribution in [1.29, 1.82) is 5.26 Å². The van der Waals surface area contributed by atoms with Crippen LogP contribution >= 0.6 is 23.1 Å². The minimum absolute atomic E-state index is 0.00375. The van der Waals surface area contributed by atoms with Crippen molar-refractivity contribution < 1.29 is 9.53 Å². The van der Waals surface area contributed by atoms with E-state index in [4.69, 9.17) is 21.6 Å². The zero-order valence-corrected chi connectivity index (χ0v) is 13.9. The first-order valence-electron chi connectivity index (χ1n) is 6.94. The Labute approximate surface area is 138 Å². The Kier molecular flexibility index (Phi) is 6.39. The van der Waals surface area contributed by atoms with Crippen molar-refractivity contribution in [3.05, 3.63) is 10.7 Å². The van der Waals surface area contributed by atoms with Crippen molar-refractivity contribution in [2.45, 2.75) is 0 Å². The van der Waals surface area contributed by atoms with Crippen molar-refractivity contribution >= 4 is 34.0 Å². The first kappa shape index (κ1) is 17.0. The quantitative estimate of drug-likeness (QED) is 0.760. The van der Waals surface area contributed by atoms with Gasteiger partial charge in [0.2, 0.25) is 5.91 Å². The second kappa shape index (κ2) is 8.29. The van der Waals surface area contributed by atoms with Crippen molar-refractivity contribution in [2.24, 2.45) is 0 Å². The molecule has 1 amide bonds. The lowest BCUT2D eigenvalue weighted by atomic mass is 10.3. The van der Waals surface area contributed by atoms with Crippen molar-refractivity contribution in [1.82, 2.24) is 14.6 Å². The third-order valence-corrected chi connectivity index (χ3v) is 4.68. The number of amides is 1. The summed E-state index contributed by atoms with van der Waals surface area (Å²) < 4.78 is 8.92. The summed E-state index contributed by atoms with van der Waals surface area (Å²) in [5, 5.41) is 13.0. The number of hydrogen-bond donors (Lipinski definition) is 1. The molecule has 1 aromatic heterocycles. The molecule has 2 rings (SSSR count). The van der Waals surface area contributed by atoms with Gasteiger partial charge in [-0.2, -0.15) is 9.64 Å². The van der Waals surface area contributed by atoms with E-state index in [1.165, 1.54) is 11.5 Å². The van der Waals surface area contributed by atoms with E-state index in [1.807, 2.05) is 0 Å². The van der Waals surface area contributed by atoms with Crippen LogP contribution in [0.2, 0.25) is 5.15 Å². The Morgan fingerprint density at radius 1 is 1.50 bits per heavy atom. The summed E-state index contributed by atoms with van der Waals surface area (Å²) in [4.78, 5) is 15.9. The first-order chi connectivity index (χ1) is 10.7. The molecule has 0 unspecified atom stereocenters. The summed E-state index contributed by atoms with van der Waals surface area (Å²) in [7, 11) is 1.60. The van der Waals surface area contributed by atoms with Gasteiger partial charge < -0.3 is 15.0 Å². The Bertz CT molecular complexity index is 551. The number of aromatic nitrogens is 1. The fourth-order valence-electron chi connectivity index (χ4n) is 2.23. The van der Waals surface area contributed by atoms with E-state index in [9.17, 15) is 4.79 Å². The maximum Gasteiger partial charge on any atom is 0.234 e. The van der Waals surface area contributed by atoms with Crippen LogP contribution in [0.25, 0.3) is 0 Å². The van der Waals surface area contributed by atoms with Crippen LogP contribution in [-0.4, -0.2) is 68.2 Å². The van der Waals surface area contributed by atoms with Crippen LogP contribution in [0, 0.1) is 11.3 Å². The van der Waals surface area contributed by atoms with E-state index in [1.54, 1.807) is 7.11 Å². The number of anilines is 1. The monoisotopic (exact) mass is 343 g/mol. The summed E-state index contributed by atoms with van der Waals surface area (Å²) in [6.45, 7) is 4.45. The lowest BCUT2D eigenvalue weighted by Crippen LogP contribution is -2.49. The van der Waals surface area contributed by atoms with E-state index in [0.717, 1.165) is 31.2 Å². The average Bonchev–Trinajstić information content (AvgIpc) is 2.89. The lowest BCUT2D eigenvalue weighted by Gasteiger charge is -2.34. The topological polar surface area (TPSA) is 81.5 Å². The average molecular weight is 344 g/mol. The molecule has 22 heavy (non-hydrogen) atoms. The Morgan fingerprint density at radius 3 is 2.86 bits per heavy atom. The van der Waals surface area contributed by atoms with Crippen molar-refractivity contribution in [2.75, 3.05) is 57.9 Å². The Morgan fingerprint density at radius 2 is 2.23 bits per heavy atom. The number of hydrogen-bond acceptors (Lipinski definition) is 7. The summed E-state index contributed by atoms with van der Waals surface area (Å²) in [6.07, 6.45) is 0. The van der Waals surface area contributed by atoms with Crippen LogP contribution in [0.3, 0.4) is 0 Å². The van der Waals surface area contributed by atoms with Crippen LogP contribution in [0.4, 0.5) is 5.00 Å². The molecule has 7 nitrogen and oxygen atoms in total. The molecule has 1 N–H and O–H groups in total. The maximum absolute atomic E-state index is 11.8. The fourth-order valence-corrected chi connectivity index (χ4v) is 3.31. The third-order valence-electron chi connectivity index (χ3n) is 3.40. The highest BCUT2D eigenvalue weighted by atomic mass is 35.5. The molecule has 2 heterocycles. The highest BCUT2D eigenvalue weighted by molar-refractivity contribution is 7.10. The van der Waals surface area contributed by atoms with Gasteiger partial charge in [0.1, 0.15) is 16.6 Å². The number of carbonyl (C=O) groups is 1. The van der Waals surface area contributed by atoms with Crippen LogP contribution in [0.5, 0.6) is 0 Å². The summed E-state index contributed by atoms with van der Waals surface area (Å²) in [6, 6.07) is 2.10. The number of nitrogens with zero attached hydrogens (tertiary/aromatic N) is 4. The summed E-state index contributed by atoms with van der Waals surface area (Å²) >= 11 is 7.14. The molecule has 120 valence electrons. The van der Waals surface area contributed by atoms with Crippen LogP contribution in [-0.2, 0) is 9.53 Å². The van der Waals surface area contributed by atoms with Crippen LogP contribution in [0.1, 0.15) is 5.56 Å². The molecule has 1 fully saturated rings. The summed E-state index contributed by atoms with van der Waals surface area (Å²) in [5.74, 6) is 0.00375. The van der Waals surface area contributed by atoms with Gasteiger partial charge in [-0.05, 0) is 11.5 Å². The number of methoxy groups -OCH3 is 1. The maximum atomic E-state index is 11.8. The van der Waals surface area contributed by atoms with E-state index < -0.39 is 0 Å². The number of halogens is 1. The molecule has 1 aromatic rings. The second-order valence-electron chi connectivity index (χ2n) is 4.87. The largest absolute Gasteiger partial charge is 0.383 e. The van der Waals surface area contributed by atoms with E-state index >= 15 is 0 Å². The van der Waals surface area contributed by atoms with Crippen molar-refractivity contribution in [3.8, 4) is 6.07 Å². The second-order valence-corrected chi connectivity index (χ2v) is 5.98. The van der Waals surface area contributed by atoms with Gasteiger partial charge in [-0.1, -0.05) is 11.6 Å². The number of nitriles is 1. The predicted molar refractivity (Wildman–Crippen MR) is 85.4 cm³/mol. The molecule has 0 aromatic carbocycles. The normalized spacial score (nSPS) is 15.6. The molecule has 1 saturated heterocycles. The minimum atomic E-state index is 0.00375. The van der Waals surface area contributed by atoms with Crippen LogP contribution in [0.15, 0.2) is 0 Å². The van der Waals surface area contributed by atoms with Gasteiger partial charge in [0.15, 0.2) is 5.15 Å². The SMILES string of the molecule is COCCNC(=O)CN1CCN(c2snc(Cl)c2C#N)CC1. The number of nitrogens with one attached hydrogen (secondary N) is 1. The zero-order valence-electron chi connectivity index (χ0n) is 12.3. The van der Waals surface area contributed by atoms with Crippen LogP contribution < -0.4 is 10.2 Å². The standard InChI is InChI=1S/C13H18ClN5O2S/c1-21-7-2-16-11(20)9-18-3-5-19(6-4-18)13-10(8-15)12(14)17-22-13/h2-7,9H2,1H3,(H,16,20). The van der Waals surface area contributed by atoms with Crippen molar-refractivity contribution in [3.63, 3.8) is 0 Å². The van der Waals surface area contributed by atoms with E-state index in [0.29, 0.717) is 25.3 Å². The highest BCUT2D eigenvalue weighted by Crippen LogP contribution is 2.31. The molecule has 0 bridgehead atoms. The fraction of sp³-hybridized carbons (Fsp3) is 0.615. The first-order valence-corrected chi connectivity index (χ1v) is 8.09. The van der Waals surface area contributed by atoms with Gasteiger partial charge >= 0.3 is 0 Å². The molecular weight excluding hydrogens is 326 g/mol. The summed E-state index contributed by atoms with van der Waals surface area (Å²) in [5.41, 5.74) is 0.442. The van der Waals surface area contributed by atoms with Gasteiger partial charge in [0, 0.05) is 39.8 Å². The zero-order chi connectivity index (χ0) is 15.9.